The molecule has 20 heavy (non-hydrogen) atoms. The number of aryl methyl sites for hydroxylation is 1. The highest BCUT2D eigenvalue weighted by molar-refractivity contribution is 5.71. The van der Waals surface area contributed by atoms with E-state index in [0.29, 0.717) is 6.17 Å². The molecule has 0 aromatic carbocycles. The molecule has 3 rings (SSSR count). The topological polar surface area (TPSA) is 52.0 Å². The van der Waals surface area contributed by atoms with E-state index in [9.17, 15) is 0 Å². The molecule has 0 amide bonds. The van der Waals surface area contributed by atoms with Crippen LogP contribution in [0, 0.1) is 0 Å². The predicted molar refractivity (Wildman–Crippen MR) is 78.6 cm³/mol. The van der Waals surface area contributed by atoms with Crippen LogP contribution >= 0.6 is 0 Å². The highest BCUT2D eigenvalue weighted by atomic mass is 16.5. The SMILES string of the molecule is COCCCc1nc2cccnc2n1C1CCCCN1. The van der Waals surface area contributed by atoms with Crippen molar-refractivity contribution in [1.29, 1.82) is 0 Å². The molecule has 2 aromatic rings. The molecule has 5 nitrogen and oxygen atoms in total. The average molecular weight is 274 g/mol. The summed E-state index contributed by atoms with van der Waals surface area (Å²) in [6, 6.07) is 3.99. The zero-order valence-electron chi connectivity index (χ0n) is 12.0. The number of imidazole rings is 1. The molecule has 1 atom stereocenters. The normalized spacial score (nSPS) is 19.6. The van der Waals surface area contributed by atoms with Crippen molar-refractivity contribution in [2.24, 2.45) is 0 Å². The Balaban J connectivity index is 1.94. The number of methoxy groups -OCH3 is 1. The molecule has 1 aliphatic heterocycles. The highest BCUT2D eigenvalue weighted by Gasteiger charge is 2.21. The van der Waals surface area contributed by atoms with Crippen molar-refractivity contribution in [3.63, 3.8) is 0 Å². The first kappa shape index (κ1) is 13.5. The lowest BCUT2D eigenvalue weighted by molar-refractivity contribution is 0.193. The molecular formula is C15H22N4O. The zero-order chi connectivity index (χ0) is 13.8. The van der Waals surface area contributed by atoms with Gasteiger partial charge in [-0.05, 0) is 44.4 Å². The smallest absolute Gasteiger partial charge is 0.161 e. The molecule has 0 spiro atoms. The van der Waals surface area contributed by atoms with E-state index in [-0.39, 0.29) is 0 Å². The lowest BCUT2D eigenvalue weighted by atomic mass is 10.1. The first-order valence-electron chi connectivity index (χ1n) is 7.44. The van der Waals surface area contributed by atoms with Gasteiger partial charge in [-0.2, -0.15) is 0 Å². The van der Waals surface area contributed by atoms with Gasteiger partial charge in [-0.3, -0.25) is 9.88 Å². The number of hydrogen-bond donors (Lipinski definition) is 1. The number of piperidine rings is 1. The number of aromatic nitrogens is 3. The molecule has 1 N–H and O–H groups in total. The minimum Gasteiger partial charge on any atom is -0.385 e. The molecule has 1 saturated heterocycles. The quantitative estimate of drug-likeness (QED) is 0.850. The van der Waals surface area contributed by atoms with Crippen LogP contribution in [0.5, 0.6) is 0 Å². The number of rotatable bonds is 5. The summed E-state index contributed by atoms with van der Waals surface area (Å²) in [6.45, 7) is 1.85. The van der Waals surface area contributed by atoms with Crippen LogP contribution in [0.15, 0.2) is 18.3 Å². The van der Waals surface area contributed by atoms with Crippen molar-refractivity contribution in [1.82, 2.24) is 19.9 Å². The Morgan fingerprint density at radius 2 is 2.40 bits per heavy atom. The van der Waals surface area contributed by atoms with E-state index in [1.165, 1.54) is 12.8 Å². The van der Waals surface area contributed by atoms with Gasteiger partial charge in [-0.25, -0.2) is 9.97 Å². The zero-order valence-corrected chi connectivity index (χ0v) is 12.0. The van der Waals surface area contributed by atoms with Crippen LogP contribution < -0.4 is 5.32 Å². The van der Waals surface area contributed by atoms with Gasteiger partial charge in [0.2, 0.25) is 0 Å². The van der Waals surface area contributed by atoms with Gasteiger partial charge >= 0.3 is 0 Å². The molecule has 0 bridgehead atoms. The monoisotopic (exact) mass is 274 g/mol. The Labute approximate surface area is 119 Å². The fourth-order valence-corrected chi connectivity index (χ4v) is 2.91. The second kappa shape index (κ2) is 6.33. The summed E-state index contributed by atoms with van der Waals surface area (Å²) in [5.74, 6) is 1.12. The third kappa shape index (κ3) is 2.69. The summed E-state index contributed by atoms with van der Waals surface area (Å²) >= 11 is 0. The Morgan fingerprint density at radius 3 is 3.20 bits per heavy atom. The summed E-state index contributed by atoms with van der Waals surface area (Å²) in [7, 11) is 1.74. The van der Waals surface area contributed by atoms with Gasteiger partial charge in [0.25, 0.3) is 0 Å². The van der Waals surface area contributed by atoms with E-state index in [4.69, 9.17) is 9.72 Å². The molecule has 0 aliphatic carbocycles. The Hall–Kier alpha value is -1.46. The van der Waals surface area contributed by atoms with Crippen molar-refractivity contribution in [3.05, 3.63) is 24.2 Å². The molecular weight excluding hydrogens is 252 g/mol. The summed E-state index contributed by atoms with van der Waals surface area (Å²) < 4.78 is 7.45. The maximum Gasteiger partial charge on any atom is 0.161 e. The van der Waals surface area contributed by atoms with Crippen molar-refractivity contribution in [3.8, 4) is 0 Å². The summed E-state index contributed by atoms with van der Waals surface area (Å²) in [5.41, 5.74) is 1.99. The van der Waals surface area contributed by atoms with Crippen LogP contribution in [0.1, 0.15) is 37.7 Å². The first-order valence-corrected chi connectivity index (χ1v) is 7.44. The van der Waals surface area contributed by atoms with Crippen molar-refractivity contribution >= 4 is 11.2 Å². The van der Waals surface area contributed by atoms with Gasteiger partial charge in [0.15, 0.2) is 5.65 Å². The second-order valence-corrected chi connectivity index (χ2v) is 5.31. The summed E-state index contributed by atoms with van der Waals surface area (Å²) in [5, 5.41) is 3.60. The summed E-state index contributed by atoms with van der Waals surface area (Å²) in [4.78, 5) is 9.30. The molecule has 1 unspecified atom stereocenters. The average Bonchev–Trinajstić information content (AvgIpc) is 2.86. The largest absolute Gasteiger partial charge is 0.385 e. The minimum absolute atomic E-state index is 0.334. The van der Waals surface area contributed by atoms with E-state index in [0.717, 1.165) is 49.4 Å². The predicted octanol–water partition coefficient (Wildman–Crippen LogP) is 2.28. The molecule has 5 heteroatoms. The van der Waals surface area contributed by atoms with Gasteiger partial charge in [-0.1, -0.05) is 0 Å². The van der Waals surface area contributed by atoms with Crippen LogP contribution in [0.2, 0.25) is 0 Å². The van der Waals surface area contributed by atoms with Crippen LogP contribution in [-0.2, 0) is 11.2 Å². The van der Waals surface area contributed by atoms with E-state index in [1.54, 1.807) is 7.11 Å². The molecule has 1 aliphatic rings. The number of pyridine rings is 1. The van der Waals surface area contributed by atoms with Crippen LogP contribution in [-0.4, -0.2) is 34.8 Å². The number of hydrogen-bond acceptors (Lipinski definition) is 4. The standard InChI is InChI=1S/C15H22N4O/c1-20-11-5-8-14-18-12-6-4-10-17-15(12)19(14)13-7-2-3-9-16-13/h4,6,10,13,16H,2-3,5,7-9,11H2,1H3. The van der Waals surface area contributed by atoms with Crippen molar-refractivity contribution < 1.29 is 4.74 Å². The lowest BCUT2D eigenvalue weighted by Gasteiger charge is -2.26. The highest BCUT2D eigenvalue weighted by Crippen LogP contribution is 2.24. The van der Waals surface area contributed by atoms with Gasteiger partial charge in [0, 0.05) is 26.3 Å². The number of ether oxygens (including phenoxy) is 1. The molecule has 0 radical (unpaired) electrons. The van der Waals surface area contributed by atoms with Crippen molar-refractivity contribution in [2.45, 2.75) is 38.3 Å². The fraction of sp³-hybridized carbons (Fsp3) is 0.600. The van der Waals surface area contributed by atoms with Gasteiger partial charge in [0.05, 0.1) is 6.17 Å². The van der Waals surface area contributed by atoms with Crippen LogP contribution in [0.3, 0.4) is 0 Å². The minimum atomic E-state index is 0.334. The fourth-order valence-electron chi connectivity index (χ4n) is 2.91. The van der Waals surface area contributed by atoms with Gasteiger partial charge < -0.3 is 4.74 Å². The summed E-state index contributed by atoms with van der Waals surface area (Å²) in [6.07, 6.45) is 7.79. The third-order valence-electron chi connectivity index (χ3n) is 3.87. The van der Waals surface area contributed by atoms with E-state index >= 15 is 0 Å². The molecule has 108 valence electrons. The maximum atomic E-state index is 5.15. The number of nitrogens with zero attached hydrogens (tertiary/aromatic N) is 3. The second-order valence-electron chi connectivity index (χ2n) is 5.31. The van der Waals surface area contributed by atoms with Gasteiger partial charge in [0.1, 0.15) is 11.3 Å². The Kier molecular flexibility index (Phi) is 4.28. The van der Waals surface area contributed by atoms with Crippen LogP contribution in [0.4, 0.5) is 0 Å². The molecule has 3 heterocycles. The van der Waals surface area contributed by atoms with Crippen LogP contribution in [0.25, 0.3) is 11.2 Å². The van der Waals surface area contributed by atoms with E-state index < -0.39 is 0 Å². The van der Waals surface area contributed by atoms with Crippen molar-refractivity contribution in [2.75, 3.05) is 20.3 Å². The Bertz CT molecular complexity index is 560. The maximum absolute atomic E-state index is 5.15. The Morgan fingerprint density at radius 1 is 1.45 bits per heavy atom. The third-order valence-corrected chi connectivity index (χ3v) is 3.87. The number of fused-ring (bicyclic) bond motifs is 1. The first-order chi connectivity index (χ1) is 9.90. The molecule has 0 saturated carbocycles. The lowest BCUT2D eigenvalue weighted by Crippen LogP contribution is -2.32. The number of nitrogens with one attached hydrogen (secondary N) is 1. The van der Waals surface area contributed by atoms with Gasteiger partial charge in [-0.15, -0.1) is 0 Å². The van der Waals surface area contributed by atoms with E-state index in [1.807, 2.05) is 18.3 Å². The van der Waals surface area contributed by atoms with E-state index in [2.05, 4.69) is 14.9 Å². The molecule has 2 aromatic heterocycles. The molecule has 1 fully saturated rings.